The number of nitrogens with one attached hydrogen (secondary N) is 4. The molecule has 2 fully saturated rings. The van der Waals surface area contributed by atoms with Crippen molar-refractivity contribution in [1.29, 1.82) is 0 Å². The fraction of sp³-hybridized carbons (Fsp3) is 0.595. The van der Waals surface area contributed by atoms with E-state index in [2.05, 4.69) is 33.2 Å². The van der Waals surface area contributed by atoms with Gasteiger partial charge in [-0.3, -0.25) is 24.1 Å². The van der Waals surface area contributed by atoms with Crippen LogP contribution in [0.4, 0.5) is 0 Å². The molecule has 4 atom stereocenters. The van der Waals surface area contributed by atoms with Gasteiger partial charge in [-0.15, -0.1) is 11.3 Å². The lowest BCUT2D eigenvalue weighted by molar-refractivity contribution is -0.133. The van der Waals surface area contributed by atoms with E-state index in [-0.39, 0.29) is 37.6 Å². The SMILES string of the molecule is CCCCCCNC(=O)CC(O)C(CC1CCCCC1)NC(=O)C(Cc1cscn1)NC(=O)C(Cc1cccc2ccccc12)NC(=O)CN1CCOCC1. The molecule has 1 aromatic heterocycles. The third-order valence-corrected chi connectivity index (χ3v) is 11.4. The van der Waals surface area contributed by atoms with Gasteiger partial charge in [0.1, 0.15) is 12.1 Å². The summed E-state index contributed by atoms with van der Waals surface area (Å²) in [6.07, 6.45) is 9.13. The molecule has 1 aliphatic heterocycles. The van der Waals surface area contributed by atoms with E-state index in [1.54, 1.807) is 5.51 Å². The number of amides is 4. The minimum atomic E-state index is -1.10. The van der Waals surface area contributed by atoms with Gasteiger partial charge < -0.3 is 31.1 Å². The predicted octanol–water partition coefficient (Wildman–Crippen LogP) is 4.29. The summed E-state index contributed by atoms with van der Waals surface area (Å²) in [7, 11) is 0. The Hall–Kier alpha value is -3.91. The number of unbranched alkanes of at least 4 members (excludes halogenated alkanes) is 3. The maximum Gasteiger partial charge on any atom is 0.243 e. The number of ether oxygens (including phenoxy) is 1. The van der Waals surface area contributed by atoms with Crippen LogP contribution < -0.4 is 21.3 Å². The molecule has 4 unspecified atom stereocenters. The van der Waals surface area contributed by atoms with Crippen LogP contribution in [-0.4, -0.2) is 102 Å². The molecule has 55 heavy (non-hydrogen) atoms. The fourth-order valence-electron chi connectivity index (χ4n) is 7.69. The smallest absolute Gasteiger partial charge is 0.243 e. The number of aromatic nitrogens is 1. The molecule has 3 aromatic rings. The zero-order chi connectivity index (χ0) is 38.8. The van der Waals surface area contributed by atoms with Gasteiger partial charge in [0.2, 0.25) is 23.6 Å². The van der Waals surface area contributed by atoms with E-state index in [9.17, 15) is 24.3 Å². The lowest BCUT2D eigenvalue weighted by Crippen LogP contribution is -2.58. The van der Waals surface area contributed by atoms with E-state index < -0.39 is 36.0 Å². The molecule has 2 aliphatic rings. The third-order valence-electron chi connectivity index (χ3n) is 10.8. The molecule has 1 saturated carbocycles. The lowest BCUT2D eigenvalue weighted by atomic mass is 9.83. The molecule has 300 valence electrons. The average Bonchev–Trinajstić information content (AvgIpc) is 3.71. The molecule has 2 heterocycles. The molecule has 0 spiro atoms. The molecule has 0 radical (unpaired) electrons. The first kappa shape index (κ1) is 42.2. The number of morpholine rings is 1. The minimum Gasteiger partial charge on any atom is -0.390 e. The summed E-state index contributed by atoms with van der Waals surface area (Å²) in [5, 5.41) is 27.2. The van der Waals surface area contributed by atoms with Crippen molar-refractivity contribution in [1.82, 2.24) is 31.2 Å². The Labute approximate surface area is 329 Å². The maximum absolute atomic E-state index is 14.3. The van der Waals surface area contributed by atoms with Gasteiger partial charge in [-0.2, -0.15) is 0 Å². The molecule has 4 amide bonds. The summed E-state index contributed by atoms with van der Waals surface area (Å²) in [6, 6.07) is 11.1. The second kappa shape index (κ2) is 22.6. The monoisotopic (exact) mass is 776 g/mol. The Morgan fingerprint density at radius 2 is 1.64 bits per heavy atom. The van der Waals surface area contributed by atoms with Crippen molar-refractivity contribution in [3.05, 3.63) is 64.6 Å². The number of carbonyl (C=O) groups excluding carboxylic acids is 4. The standard InChI is InChI=1S/C42H60N6O6S/c1-2-3-4-10-18-43-39(50)26-38(49)35(23-30-12-6-5-7-13-30)46-42(53)37(25-33-28-55-29-44-33)47-41(52)36(45-40(51)27-48-19-21-54-22-20-48)24-32-16-11-15-31-14-8-9-17-34(31)32/h8-9,11,14-17,28-30,35-38,49H,2-7,10,12-13,18-27H2,1H3,(H,43,50)(H,45,51)(H,46,53)(H,47,52). The topological polar surface area (TPSA) is 162 Å². The third kappa shape index (κ3) is 14.0. The molecule has 0 bridgehead atoms. The summed E-state index contributed by atoms with van der Waals surface area (Å²) in [6.45, 7) is 5.14. The van der Waals surface area contributed by atoms with Gasteiger partial charge >= 0.3 is 0 Å². The van der Waals surface area contributed by atoms with Gasteiger partial charge in [-0.05, 0) is 35.1 Å². The Bertz CT molecular complexity index is 1640. The van der Waals surface area contributed by atoms with Crippen LogP contribution in [0.1, 0.15) is 88.8 Å². The van der Waals surface area contributed by atoms with Crippen LogP contribution in [0.5, 0.6) is 0 Å². The van der Waals surface area contributed by atoms with Gasteiger partial charge in [0.25, 0.3) is 0 Å². The number of nitrogens with zero attached hydrogens (tertiary/aromatic N) is 2. The van der Waals surface area contributed by atoms with E-state index in [1.165, 1.54) is 17.8 Å². The first-order chi connectivity index (χ1) is 26.8. The molecule has 5 N–H and O–H groups in total. The molecule has 13 heteroatoms. The number of aliphatic hydroxyl groups excluding tert-OH is 1. The van der Waals surface area contributed by atoms with Gasteiger partial charge in [0.15, 0.2) is 0 Å². The number of carbonyl (C=O) groups is 4. The lowest BCUT2D eigenvalue weighted by Gasteiger charge is -2.31. The number of hydrogen-bond acceptors (Lipinski definition) is 9. The first-order valence-electron chi connectivity index (χ1n) is 20.3. The number of thiazole rings is 1. The average molecular weight is 777 g/mol. The van der Waals surface area contributed by atoms with Crippen LogP contribution in [0.2, 0.25) is 0 Å². The molecular formula is C42H60N6O6S. The molecule has 1 saturated heterocycles. The molecule has 1 aliphatic carbocycles. The van der Waals surface area contributed by atoms with Crippen LogP contribution in [0.3, 0.4) is 0 Å². The van der Waals surface area contributed by atoms with Crippen molar-refractivity contribution < 1.29 is 29.0 Å². The Morgan fingerprint density at radius 1 is 0.891 bits per heavy atom. The van der Waals surface area contributed by atoms with Crippen molar-refractivity contribution in [3.8, 4) is 0 Å². The number of hydrogen-bond donors (Lipinski definition) is 5. The second-order valence-corrected chi connectivity index (χ2v) is 15.9. The summed E-state index contributed by atoms with van der Waals surface area (Å²) in [4.78, 5) is 61.4. The van der Waals surface area contributed by atoms with Crippen LogP contribution in [0.25, 0.3) is 10.8 Å². The zero-order valence-corrected chi connectivity index (χ0v) is 33.1. The van der Waals surface area contributed by atoms with Crippen molar-refractivity contribution in [2.75, 3.05) is 39.4 Å². The molecule has 2 aromatic carbocycles. The highest BCUT2D eigenvalue weighted by Gasteiger charge is 2.33. The normalized spacial score (nSPS) is 17.5. The number of fused-ring (bicyclic) bond motifs is 1. The Balaban J connectivity index is 1.33. The molecular weight excluding hydrogens is 717 g/mol. The van der Waals surface area contributed by atoms with E-state index >= 15 is 0 Å². The van der Waals surface area contributed by atoms with Crippen molar-refractivity contribution >= 4 is 45.7 Å². The van der Waals surface area contributed by atoms with Gasteiger partial charge in [0, 0.05) is 37.9 Å². The van der Waals surface area contributed by atoms with Gasteiger partial charge in [-0.1, -0.05) is 101 Å². The van der Waals surface area contributed by atoms with E-state index in [4.69, 9.17) is 4.74 Å². The second-order valence-electron chi connectivity index (χ2n) is 15.1. The van der Waals surface area contributed by atoms with Crippen LogP contribution in [-0.2, 0) is 36.8 Å². The molecule has 5 rings (SSSR count). The summed E-state index contributed by atoms with van der Waals surface area (Å²) in [5.41, 5.74) is 3.21. The number of rotatable bonds is 21. The first-order valence-corrected chi connectivity index (χ1v) is 21.2. The summed E-state index contributed by atoms with van der Waals surface area (Å²) in [5.74, 6) is -1.19. The van der Waals surface area contributed by atoms with E-state index in [1.807, 2.05) is 52.7 Å². The van der Waals surface area contributed by atoms with Crippen LogP contribution >= 0.6 is 11.3 Å². The summed E-state index contributed by atoms with van der Waals surface area (Å²) >= 11 is 1.40. The number of benzene rings is 2. The maximum atomic E-state index is 14.3. The van der Waals surface area contributed by atoms with Crippen molar-refractivity contribution in [2.24, 2.45) is 5.92 Å². The van der Waals surface area contributed by atoms with Crippen molar-refractivity contribution in [2.45, 2.75) is 115 Å². The highest BCUT2D eigenvalue weighted by atomic mass is 32.1. The highest BCUT2D eigenvalue weighted by Crippen LogP contribution is 2.28. The molecule has 12 nitrogen and oxygen atoms in total. The minimum absolute atomic E-state index is 0.119. The summed E-state index contributed by atoms with van der Waals surface area (Å²) < 4.78 is 5.44. The van der Waals surface area contributed by atoms with Crippen LogP contribution in [0.15, 0.2) is 53.4 Å². The number of aliphatic hydroxyl groups is 1. The largest absolute Gasteiger partial charge is 0.390 e. The van der Waals surface area contributed by atoms with E-state index in [0.717, 1.165) is 67.7 Å². The Kier molecular flexibility index (Phi) is 17.4. The predicted molar refractivity (Wildman–Crippen MR) is 215 cm³/mol. The van der Waals surface area contributed by atoms with Gasteiger partial charge in [0.05, 0.1) is 49.5 Å². The van der Waals surface area contributed by atoms with Gasteiger partial charge in [-0.25, -0.2) is 4.98 Å². The Morgan fingerprint density at radius 3 is 2.40 bits per heavy atom. The highest BCUT2D eigenvalue weighted by molar-refractivity contribution is 7.07. The van der Waals surface area contributed by atoms with Crippen molar-refractivity contribution in [3.63, 3.8) is 0 Å². The van der Waals surface area contributed by atoms with E-state index in [0.29, 0.717) is 50.9 Å². The fourth-order valence-corrected chi connectivity index (χ4v) is 8.26. The van der Waals surface area contributed by atoms with Crippen LogP contribution in [0, 0.1) is 5.92 Å². The zero-order valence-electron chi connectivity index (χ0n) is 32.3. The quantitative estimate of drug-likeness (QED) is 0.100.